The number of hydrogen-bond acceptors (Lipinski definition) is 4. The van der Waals surface area contributed by atoms with E-state index in [1.54, 1.807) is 7.11 Å². The number of likely N-dealkylation sites (tertiary alicyclic amines) is 1. The van der Waals surface area contributed by atoms with Crippen molar-refractivity contribution in [2.45, 2.75) is 25.9 Å². The minimum Gasteiger partial charge on any atom is -0.381 e. The fraction of sp³-hybridized carbons (Fsp3) is 0.444. The summed E-state index contributed by atoms with van der Waals surface area (Å²) in [6, 6.07) is 10.4. The van der Waals surface area contributed by atoms with E-state index in [0.29, 0.717) is 11.6 Å². The van der Waals surface area contributed by atoms with Gasteiger partial charge in [0.15, 0.2) is 0 Å². The number of rotatable bonds is 4. The van der Waals surface area contributed by atoms with Gasteiger partial charge in [0.1, 0.15) is 5.69 Å². The van der Waals surface area contributed by atoms with Crippen molar-refractivity contribution in [1.82, 2.24) is 9.88 Å². The minimum atomic E-state index is 0.0435. The number of aryl methyl sites for hydroxylation is 1. The molecule has 1 aliphatic rings. The second kappa shape index (κ2) is 7.23. The fourth-order valence-corrected chi connectivity index (χ4v) is 3.83. The molecule has 1 fully saturated rings. The van der Waals surface area contributed by atoms with Gasteiger partial charge in [-0.2, -0.15) is 0 Å². The van der Waals surface area contributed by atoms with Crippen molar-refractivity contribution in [3.63, 3.8) is 0 Å². The normalized spacial score (nSPS) is 21.4. The first-order chi connectivity index (χ1) is 11.2. The number of carbonyl (C=O) groups is 1. The minimum absolute atomic E-state index is 0.0435. The number of methoxy groups -OCH3 is 1. The number of benzene rings is 1. The molecule has 2 atom stereocenters. The standard InChI is InChI=1S/C18H22N2O2S/c1-13-19-16(12-23-13)18(21)20-9-8-17(22-2)15(11-20)10-14-6-4-3-5-7-14/h3-7,12,15,17H,8-11H2,1-2H3/t15-,17-/m0/s1. The van der Waals surface area contributed by atoms with Gasteiger partial charge in [0.2, 0.25) is 0 Å². The number of ether oxygens (including phenoxy) is 1. The monoisotopic (exact) mass is 330 g/mol. The van der Waals surface area contributed by atoms with Gasteiger partial charge in [0.25, 0.3) is 5.91 Å². The Hall–Kier alpha value is -1.72. The molecule has 1 amide bonds. The zero-order valence-electron chi connectivity index (χ0n) is 13.6. The first-order valence-electron chi connectivity index (χ1n) is 7.95. The van der Waals surface area contributed by atoms with E-state index in [1.165, 1.54) is 16.9 Å². The third-order valence-electron chi connectivity index (χ3n) is 4.43. The highest BCUT2D eigenvalue weighted by Gasteiger charge is 2.32. The van der Waals surface area contributed by atoms with E-state index in [2.05, 4.69) is 29.2 Å². The summed E-state index contributed by atoms with van der Waals surface area (Å²) in [5.74, 6) is 0.363. The molecular weight excluding hydrogens is 308 g/mol. The molecule has 1 aliphatic heterocycles. The van der Waals surface area contributed by atoms with Crippen LogP contribution in [0.25, 0.3) is 0 Å². The van der Waals surface area contributed by atoms with Crippen LogP contribution in [-0.4, -0.2) is 42.1 Å². The molecule has 0 saturated carbocycles. The average Bonchev–Trinajstić information content (AvgIpc) is 3.01. The fourth-order valence-electron chi connectivity index (χ4n) is 3.24. The lowest BCUT2D eigenvalue weighted by Gasteiger charge is -2.37. The van der Waals surface area contributed by atoms with Gasteiger partial charge in [-0.15, -0.1) is 11.3 Å². The summed E-state index contributed by atoms with van der Waals surface area (Å²) in [4.78, 5) is 18.9. The van der Waals surface area contributed by atoms with Crippen molar-refractivity contribution >= 4 is 17.2 Å². The average molecular weight is 330 g/mol. The highest BCUT2D eigenvalue weighted by Crippen LogP contribution is 2.25. The summed E-state index contributed by atoms with van der Waals surface area (Å²) in [5.41, 5.74) is 1.86. The van der Waals surface area contributed by atoms with Crippen LogP contribution in [0, 0.1) is 12.8 Å². The molecule has 122 valence electrons. The van der Waals surface area contributed by atoms with Crippen LogP contribution in [-0.2, 0) is 11.2 Å². The number of amides is 1. The van der Waals surface area contributed by atoms with E-state index in [0.717, 1.165) is 30.9 Å². The Balaban J connectivity index is 1.71. The Morgan fingerprint density at radius 3 is 2.83 bits per heavy atom. The van der Waals surface area contributed by atoms with E-state index in [9.17, 15) is 4.79 Å². The predicted molar refractivity (Wildman–Crippen MR) is 91.8 cm³/mol. The van der Waals surface area contributed by atoms with Gasteiger partial charge >= 0.3 is 0 Å². The molecule has 1 saturated heterocycles. The molecule has 1 aromatic carbocycles. The highest BCUT2D eigenvalue weighted by atomic mass is 32.1. The Labute approximate surface area is 141 Å². The third-order valence-corrected chi connectivity index (χ3v) is 5.21. The first kappa shape index (κ1) is 16.1. The molecule has 2 aromatic rings. The number of nitrogens with zero attached hydrogens (tertiary/aromatic N) is 2. The number of carbonyl (C=O) groups excluding carboxylic acids is 1. The Morgan fingerprint density at radius 2 is 2.17 bits per heavy atom. The Bertz CT molecular complexity index is 656. The van der Waals surface area contributed by atoms with Gasteiger partial charge < -0.3 is 9.64 Å². The van der Waals surface area contributed by atoms with Crippen molar-refractivity contribution in [1.29, 1.82) is 0 Å². The van der Waals surface area contributed by atoms with Gasteiger partial charge in [-0.1, -0.05) is 30.3 Å². The Kier molecular flexibility index (Phi) is 5.08. The van der Waals surface area contributed by atoms with Crippen molar-refractivity contribution in [3.05, 3.63) is 52.0 Å². The molecule has 5 heteroatoms. The zero-order chi connectivity index (χ0) is 16.2. The number of hydrogen-bond donors (Lipinski definition) is 0. The molecule has 23 heavy (non-hydrogen) atoms. The van der Waals surface area contributed by atoms with Crippen LogP contribution in [0.5, 0.6) is 0 Å². The van der Waals surface area contributed by atoms with Crippen LogP contribution in [0.4, 0.5) is 0 Å². The van der Waals surface area contributed by atoms with Crippen LogP contribution in [0.1, 0.15) is 27.5 Å². The molecule has 0 bridgehead atoms. The summed E-state index contributed by atoms with van der Waals surface area (Å²) >= 11 is 1.52. The lowest BCUT2D eigenvalue weighted by molar-refractivity contribution is -0.00315. The summed E-state index contributed by atoms with van der Waals surface area (Å²) in [6.07, 6.45) is 2.01. The zero-order valence-corrected chi connectivity index (χ0v) is 14.4. The summed E-state index contributed by atoms with van der Waals surface area (Å²) in [7, 11) is 1.77. The van der Waals surface area contributed by atoms with E-state index in [1.807, 2.05) is 23.3 Å². The lowest BCUT2D eigenvalue weighted by atomic mass is 9.88. The maximum absolute atomic E-state index is 12.6. The molecular formula is C18H22N2O2S. The molecule has 3 rings (SSSR count). The third kappa shape index (κ3) is 3.79. The van der Waals surface area contributed by atoms with Gasteiger partial charge in [0, 0.05) is 31.5 Å². The van der Waals surface area contributed by atoms with Gasteiger partial charge in [-0.25, -0.2) is 4.98 Å². The van der Waals surface area contributed by atoms with Gasteiger partial charge in [-0.3, -0.25) is 4.79 Å². The molecule has 0 radical (unpaired) electrons. The smallest absolute Gasteiger partial charge is 0.273 e. The van der Waals surface area contributed by atoms with Crippen molar-refractivity contribution in [2.75, 3.05) is 20.2 Å². The van der Waals surface area contributed by atoms with Crippen molar-refractivity contribution < 1.29 is 9.53 Å². The summed E-state index contributed by atoms with van der Waals surface area (Å²) in [5, 5.41) is 2.78. The first-order valence-corrected chi connectivity index (χ1v) is 8.83. The topological polar surface area (TPSA) is 42.4 Å². The largest absolute Gasteiger partial charge is 0.381 e. The van der Waals surface area contributed by atoms with Gasteiger partial charge in [-0.05, 0) is 25.3 Å². The molecule has 2 heterocycles. The van der Waals surface area contributed by atoms with Crippen LogP contribution in [0.3, 0.4) is 0 Å². The SMILES string of the molecule is CO[C@H]1CCN(C(=O)c2csc(C)n2)C[C@@H]1Cc1ccccc1. The van der Waals surface area contributed by atoms with Crippen LogP contribution in [0.2, 0.25) is 0 Å². The van der Waals surface area contributed by atoms with Crippen LogP contribution < -0.4 is 0 Å². The van der Waals surface area contributed by atoms with Crippen molar-refractivity contribution in [2.24, 2.45) is 5.92 Å². The molecule has 0 unspecified atom stereocenters. The maximum atomic E-state index is 12.6. The highest BCUT2D eigenvalue weighted by molar-refractivity contribution is 7.09. The van der Waals surface area contributed by atoms with E-state index >= 15 is 0 Å². The van der Waals surface area contributed by atoms with Crippen LogP contribution >= 0.6 is 11.3 Å². The van der Waals surface area contributed by atoms with Crippen molar-refractivity contribution in [3.8, 4) is 0 Å². The Morgan fingerprint density at radius 1 is 1.39 bits per heavy atom. The number of piperidine rings is 1. The molecule has 0 aliphatic carbocycles. The number of aromatic nitrogens is 1. The van der Waals surface area contributed by atoms with E-state index < -0.39 is 0 Å². The van der Waals surface area contributed by atoms with Gasteiger partial charge in [0.05, 0.1) is 11.1 Å². The maximum Gasteiger partial charge on any atom is 0.273 e. The predicted octanol–water partition coefficient (Wildman–Crippen LogP) is 3.17. The number of thiazole rings is 1. The molecule has 0 N–H and O–H groups in total. The molecule has 4 nitrogen and oxygen atoms in total. The lowest BCUT2D eigenvalue weighted by Crippen LogP contribution is -2.47. The van der Waals surface area contributed by atoms with E-state index in [4.69, 9.17) is 4.74 Å². The van der Waals surface area contributed by atoms with E-state index in [-0.39, 0.29) is 12.0 Å². The van der Waals surface area contributed by atoms with Crippen LogP contribution in [0.15, 0.2) is 35.7 Å². The summed E-state index contributed by atoms with van der Waals surface area (Å²) in [6.45, 7) is 3.39. The molecule has 0 spiro atoms. The molecule has 1 aromatic heterocycles. The second-order valence-electron chi connectivity index (χ2n) is 6.02. The summed E-state index contributed by atoms with van der Waals surface area (Å²) < 4.78 is 5.66. The second-order valence-corrected chi connectivity index (χ2v) is 7.08. The quantitative estimate of drug-likeness (QED) is 0.865.